The molecule has 0 radical (unpaired) electrons. The second-order valence-corrected chi connectivity index (χ2v) is 7.23. The number of hydrogen-bond acceptors (Lipinski definition) is 4. The van der Waals surface area contributed by atoms with Crippen LogP contribution in [0.2, 0.25) is 10.0 Å². The van der Waals surface area contributed by atoms with E-state index in [1.165, 1.54) is 4.90 Å². The van der Waals surface area contributed by atoms with Gasteiger partial charge in [-0.1, -0.05) is 23.2 Å². The van der Waals surface area contributed by atoms with Crippen LogP contribution in [0.15, 0.2) is 18.2 Å². The maximum atomic E-state index is 11.1. The van der Waals surface area contributed by atoms with Crippen LogP contribution in [0.4, 0.5) is 4.79 Å². The monoisotopic (exact) mass is 388 g/mol. The van der Waals surface area contributed by atoms with Crippen LogP contribution >= 0.6 is 23.2 Å². The van der Waals surface area contributed by atoms with Crippen molar-refractivity contribution in [2.45, 2.75) is 25.0 Å². The Morgan fingerprint density at radius 3 is 2.68 bits per heavy atom. The molecule has 2 aliphatic rings. The maximum absolute atomic E-state index is 11.1. The molecule has 0 saturated carbocycles. The molecule has 1 atom stereocenters. The normalized spacial score (nSPS) is 22.8. The van der Waals surface area contributed by atoms with Crippen LogP contribution in [0.3, 0.4) is 0 Å². The highest BCUT2D eigenvalue weighted by Gasteiger charge is 2.28. The van der Waals surface area contributed by atoms with E-state index in [4.69, 9.17) is 37.8 Å². The van der Waals surface area contributed by atoms with Crippen molar-refractivity contribution in [2.75, 3.05) is 39.3 Å². The van der Waals surface area contributed by atoms with Gasteiger partial charge in [-0.2, -0.15) is 0 Å². The molecule has 25 heavy (non-hydrogen) atoms. The van der Waals surface area contributed by atoms with Gasteiger partial charge in [0, 0.05) is 32.2 Å². The van der Waals surface area contributed by atoms with E-state index in [0.29, 0.717) is 29.7 Å². The summed E-state index contributed by atoms with van der Waals surface area (Å²) in [6, 6.07) is 5.31. The molecule has 6 nitrogen and oxygen atoms in total. The first kappa shape index (κ1) is 18.6. The zero-order chi connectivity index (χ0) is 17.8. The van der Waals surface area contributed by atoms with Crippen LogP contribution in [0.1, 0.15) is 12.8 Å². The van der Waals surface area contributed by atoms with Gasteiger partial charge in [0.2, 0.25) is 0 Å². The smallest absolute Gasteiger partial charge is 0.407 e. The summed E-state index contributed by atoms with van der Waals surface area (Å²) in [4.78, 5) is 14.8. The highest BCUT2D eigenvalue weighted by atomic mass is 35.5. The average molecular weight is 389 g/mol. The molecule has 0 spiro atoms. The number of likely N-dealkylation sites (tertiary alicyclic amines) is 1. The highest BCUT2D eigenvalue weighted by Crippen LogP contribution is 2.28. The van der Waals surface area contributed by atoms with Crippen LogP contribution in [-0.2, 0) is 4.74 Å². The summed E-state index contributed by atoms with van der Waals surface area (Å²) in [5.74, 6) is 0.737. The van der Waals surface area contributed by atoms with Crippen LogP contribution in [0, 0.1) is 0 Å². The van der Waals surface area contributed by atoms with Gasteiger partial charge in [0.25, 0.3) is 0 Å². The fraction of sp³-hybridized carbons (Fsp3) is 0.588. The van der Waals surface area contributed by atoms with Crippen LogP contribution in [-0.4, -0.2) is 72.5 Å². The number of nitrogens with zero attached hydrogens (tertiary/aromatic N) is 2. The fourth-order valence-corrected chi connectivity index (χ4v) is 3.53. The van der Waals surface area contributed by atoms with Crippen LogP contribution < -0.4 is 4.74 Å². The summed E-state index contributed by atoms with van der Waals surface area (Å²) in [5.41, 5.74) is 0. The number of morpholine rings is 1. The molecule has 1 aromatic carbocycles. The summed E-state index contributed by atoms with van der Waals surface area (Å²) >= 11 is 11.9. The van der Waals surface area contributed by atoms with Crippen molar-refractivity contribution in [1.29, 1.82) is 0 Å². The van der Waals surface area contributed by atoms with Crippen LogP contribution in [0.25, 0.3) is 0 Å². The lowest BCUT2D eigenvalue weighted by Gasteiger charge is -2.37. The summed E-state index contributed by atoms with van der Waals surface area (Å²) in [6.45, 7) is 3.91. The summed E-state index contributed by atoms with van der Waals surface area (Å²) < 4.78 is 11.7. The first-order valence-corrected chi connectivity index (χ1v) is 9.20. The number of amides is 1. The van der Waals surface area contributed by atoms with E-state index < -0.39 is 6.09 Å². The Morgan fingerprint density at radius 1 is 1.24 bits per heavy atom. The lowest BCUT2D eigenvalue weighted by Crippen LogP contribution is -2.50. The molecule has 0 bridgehead atoms. The lowest BCUT2D eigenvalue weighted by molar-refractivity contribution is -0.0424. The van der Waals surface area contributed by atoms with E-state index in [2.05, 4.69) is 4.90 Å². The number of carbonyl (C=O) groups is 1. The molecule has 0 unspecified atom stereocenters. The minimum Gasteiger partial charge on any atom is -0.490 e. The zero-order valence-electron chi connectivity index (χ0n) is 13.9. The number of carboxylic acid groups (broad SMARTS) is 1. The summed E-state index contributed by atoms with van der Waals surface area (Å²) in [6.07, 6.45) is 1.04. The molecule has 1 aromatic rings. The van der Waals surface area contributed by atoms with E-state index in [-0.39, 0.29) is 12.2 Å². The maximum Gasteiger partial charge on any atom is 0.407 e. The van der Waals surface area contributed by atoms with E-state index in [9.17, 15) is 4.79 Å². The van der Waals surface area contributed by atoms with E-state index in [1.54, 1.807) is 12.1 Å². The van der Waals surface area contributed by atoms with E-state index in [0.717, 1.165) is 38.2 Å². The third-order valence-electron chi connectivity index (χ3n) is 4.60. The molecule has 2 heterocycles. The third kappa shape index (κ3) is 5.14. The quantitative estimate of drug-likeness (QED) is 0.857. The third-order valence-corrected chi connectivity index (χ3v) is 5.34. The number of benzene rings is 1. The summed E-state index contributed by atoms with van der Waals surface area (Å²) in [5, 5.41) is 10.1. The van der Waals surface area contributed by atoms with Crippen molar-refractivity contribution in [3.8, 4) is 5.75 Å². The van der Waals surface area contributed by atoms with Gasteiger partial charge in [0.15, 0.2) is 0 Å². The Labute approximate surface area is 157 Å². The number of piperidine rings is 1. The summed E-state index contributed by atoms with van der Waals surface area (Å²) in [7, 11) is 0. The Morgan fingerprint density at radius 2 is 2.00 bits per heavy atom. The average Bonchev–Trinajstić information content (AvgIpc) is 2.60. The Bertz CT molecular complexity index is 608. The topological polar surface area (TPSA) is 62.2 Å². The second kappa shape index (κ2) is 8.45. The number of hydrogen-bond donors (Lipinski definition) is 1. The number of halogens is 2. The van der Waals surface area contributed by atoms with Gasteiger partial charge in [0.1, 0.15) is 11.9 Å². The number of ether oxygens (including phenoxy) is 2. The minimum absolute atomic E-state index is 0.0580. The molecule has 3 rings (SSSR count). The fourth-order valence-electron chi connectivity index (χ4n) is 3.24. The minimum atomic E-state index is -0.873. The lowest BCUT2D eigenvalue weighted by atomic mass is 10.1. The van der Waals surface area contributed by atoms with Gasteiger partial charge in [0.05, 0.1) is 29.3 Å². The molecular weight excluding hydrogens is 367 g/mol. The van der Waals surface area contributed by atoms with Crippen molar-refractivity contribution in [2.24, 2.45) is 0 Å². The van der Waals surface area contributed by atoms with Crippen molar-refractivity contribution >= 4 is 29.3 Å². The van der Waals surface area contributed by atoms with Crippen molar-refractivity contribution in [3.63, 3.8) is 0 Å². The van der Waals surface area contributed by atoms with E-state index >= 15 is 0 Å². The Kier molecular flexibility index (Phi) is 6.28. The molecule has 1 N–H and O–H groups in total. The van der Waals surface area contributed by atoms with E-state index in [1.807, 2.05) is 6.07 Å². The van der Waals surface area contributed by atoms with Gasteiger partial charge in [-0.15, -0.1) is 0 Å². The van der Waals surface area contributed by atoms with Gasteiger partial charge in [-0.05, 0) is 25.0 Å². The van der Waals surface area contributed by atoms with Crippen molar-refractivity contribution in [1.82, 2.24) is 9.80 Å². The van der Waals surface area contributed by atoms with Gasteiger partial charge in [-0.25, -0.2) is 4.79 Å². The standard InChI is InChI=1S/C17H22Cl2N2O4/c18-15-2-1-13(9-16(15)19)25-12-3-5-20(6-4-12)10-14-11-21(17(22)23)7-8-24-14/h1-2,9,12,14H,3-8,10-11H2,(H,22,23)/t14-/m0/s1. The predicted molar refractivity (Wildman–Crippen MR) is 95.9 cm³/mol. The van der Waals surface area contributed by atoms with Crippen LogP contribution in [0.5, 0.6) is 5.75 Å². The molecule has 2 fully saturated rings. The second-order valence-electron chi connectivity index (χ2n) is 6.42. The Balaban J connectivity index is 1.44. The SMILES string of the molecule is O=C(O)N1CCO[C@@H](CN2CCC(Oc3ccc(Cl)c(Cl)c3)CC2)C1. The van der Waals surface area contributed by atoms with Gasteiger partial charge >= 0.3 is 6.09 Å². The molecule has 1 amide bonds. The molecule has 0 aliphatic carbocycles. The predicted octanol–water partition coefficient (Wildman–Crippen LogP) is 3.22. The molecule has 2 aliphatic heterocycles. The molecule has 138 valence electrons. The largest absolute Gasteiger partial charge is 0.490 e. The molecular formula is C17H22Cl2N2O4. The van der Waals surface area contributed by atoms with Gasteiger partial charge < -0.3 is 24.4 Å². The molecule has 2 saturated heterocycles. The first-order valence-electron chi connectivity index (χ1n) is 8.45. The molecule has 0 aromatic heterocycles. The first-order chi connectivity index (χ1) is 12.0. The van der Waals surface area contributed by atoms with Crippen molar-refractivity contribution < 1.29 is 19.4 Å². The molecule has 8 heteroatoms. The zero-order valence-corrected chi connectivity index (χ0v) is 15.4. The Hall–Kier alpha value is -1.21. The highest BCUT2D eigenvalue weighted by molar-refractivity contribution is 6.42. The van der Waals surface area contributed by atoms with Gasteiger partial charge in [-0.3, -0.25) is 0 Å². The van der Waals surface area contributed by atoms with Crippen molar-refractivity contribution in [3.05, 3.63) is 28.2 Å². The number of rotatable bonds is 4.